The summed E-state index contributed by atoms with van der Waals surface area (Å²) in [5, 5.41) is -1.16. The quantitative estimate of drug-likeness (QED) is 0.443. The van der Waals surface area contributed by atoms with Crippen molar-refractivity contribution in [3.63, 3.8) is 0 Å². The molecule has 0 bridgehead atoms. The molecule has 152 valence electrons. The molecule has 0 N–H and O–H groups in total. The van der Waals surface area contributed by atoms with E-state index in [4.69, 9.17) is 0 Å². The second kappa shape index (κ2) is 7.45. The normalized spacial score (nSPS) is 15.5. The molecule has 0 saturated carbocycles. The summed E-state index contributed by atoms with van der Waals surface area (Å²) in [6.07, 6.45) is -15.9. The molecule has 3 nitrogen and oxygen atoms in total. The van der Waals surface area contributed by atoms with Crippen LogP contribution in [0, 0.1) is 0 Å². The van der Waals surface area contributed by atoms with E-state index in [1.54, 1.807) is 0 Å². The maximum absolute atomic E-state index is 15.5. The van der Waals surface area contributed by atoms with Gasteiger partial charge in [-0.15, -0.1) is 0 Å². The molecule has 0 aliphatic carbocycles. The summed E-state index contributed by atoms with van der Waals surface area (Å²) in [7, 11) is -7.16. The van der Waals surface area contributed by atoms with E-state index < -0.39 is 51.2 Å². The number of rotatable bonds is 7. The number of alkyl halides is 9. The van der Waals surface area contributed by atoms with Crippen LogP contribution in [-0.4, -0.2) is 38.3 Å². The molecule has 0 aromatic heterocycles. The molecule has 0 amide bonds. The van der Waals surface area contributed by atoms with Gasteiger partial charge in [0, 0.05) is 0 Å². The van der Waals surface area contributed by atoms with Gasteiger partial charge in [0.05, 0.1) is 0 Å². The van der Waals surface area contributed by atoms with Crippen LogP contribution < -0.4 is 5.30 Å². The van der Waals surface area contributed by atoms with Crippen molar-refractivity contribution in [1.82, 2.24) is 0 Å². The van der Waals surface area contributed by atoms with Crippen LogP contribution in [0.15, 0.2) is 30.3 Å². The van der Waals surface area contributed by atoms with E-state index >= 15 is 4.20 Å². The summed E-state index contributed by atoms with van der Waals surface area (Å²) in [5.74, 6) is 0. The zero-order valence-corrected chi connectivity index (χ0v) is 13.4. The Labute approximate surface area is 140 Å². The average molecular weight is 424 g/mol. The molecule has 0 heterocycles. The average Bonchev–Trinajstić information content (AvgIpc) is 2.49. The molecule has 0 aliphatic rings. The Morgan fingerprint density at radius 2 is 0.923 bits per heavy atom. The SMILES string of the molecule is FC(F)(F)COP(F)(OCC(F)(F)F)(OCC(F)(F)F)c1ccccc1. The van der Waals surface area contributed by atoms with E-state index in [0.717, 1.165) is 12.1 Å². The molecule has 0 atom stereocenters. The fourth-order valence-electron chi connectivity index (χ4n) is 1.55. The van der Waals surface area contributed by atoms with E-state index in [-0.39, 0.29) is 0 Å². The van der Waals surface area contributed by atoms with Crippen molar-refractivity contribution in [3.05, 3.63) is 30.3 Å². The predicted molar refractivity (Wildman–Crippen MR) is 70.1 cm³/mol. The zero-order chi connectivity index (χ0) is 20.3. The van der Waals surface area contributed by atoms with Gasteiger partial charge in [-0.25, -0.2) is 0 Å². The molecule has 0 radical (unpaired) electrons. The first-order chi connectivity index (χ1) is 11.5. The van der Waals surface area contributed by atoms with Gasteiger partial charge >= 0.3 is 139 Å². The van der Waals surface area contributed by atoms with E-state index in [9.17, 15) is 39.5 Å². The molecule has 0 unspecified atom stereocenters. The van der Waals surface area contributed by atoms with E-state index in [1.165, 1.54) is 6.07 Å². The fourth-order valence-corrected chi connectivity index (χ4v) is 3.97. The molecule has 26 heavy (non-hydrogen) atoms. The van der Waals surface area contributed by atoms with E-state index in [1.807, 2.05) is 0 Å². The second-order valence-corrected chi connectivity index (χ2v) is 7.66. The van der Waals surface area contributed by atoms with Crippen LogP contribution in [0.25, 0.3) is 0 Å². The van der Waals surface area contributed by atoms with Crippen LogP contribution in [0.3, 0.4) is 0 Å². The Bertz CT molecular complexity index is 535. The standard InChI is InChI=1S/C12H11F10O3P/c13-10(14,15)6-23-26(22,24-7-11(16,17)18,25-8-12(19,20)21)9-4-2-1-3-5-9/h1-5H,6-8H2. The van der Waals surface area contributed by atoms with Gasteiger partial charge in [-0.2, -0.15) is 0 Å². The monoisotopic (exact) mass is 424 g/mol. The Kier molecular flexibility index (Phi) is 6.55. The van der Waals surface area contributed by atoms with Crippen molar-refractivity contribution in [2.24, 2.45) is 0 Å². The molecule has 0 saturated heterocycles. The summed E-state index contributed by atoms with van der Waals surface area (Å²) < 4.78 is 139. The molecular formula is C12H11F10O3P. The molecule has 1 aromatic carbocycles. The first-order valence-corrected chi connectivity index (χ1v) is 8.36. The Balaban J connectivity index is 3.39. The van der Waals surface area contributed by atoms with Gasteiger partial charge in [0.2, 0.25) is 0 Å². The number of halogens is 10. The first kappa shape index (κ1) is 22.9. The van der Waals surface area contributed by atoms with Gasteiger partial charge in [-0.3, -0.25) is 0 Å². The van der Waals surface area contributed by atoms with Crippen molar-refractivity contribution in [2.75, 3.05) is 19.8 Å². The Morgan fingerprint density at radius 3 is 1.19 bits per heavy atom. The van der Waals surface area contributed by atoms with Crippen molar-refractivity contribution in [1.29, 1.82) is 0 Å². The van der Waals surface area contributed by atoms with Crippen LogP contribution in [0.4, 0.5) is 43.7 Å². The molecule has 0 fully saturated rings. The summed E-state index contributed by atoms with van der Waals surface area (Å²) in [6, 6.07) is 4.27. The van der Waals surface area contributed by atoms with Crippen molar-refractivity contribution in [2.45, 2.75) is 18.5 Å². The third kappa shape index (κ3) is 7.22. The summed E-state index contributed by atoms with van der Waals surface area (Å²) >= 11 is 0. The van der Waals surface area contributed by atoms with Crippen molar-refractivity contribution in [3.8, 4) is 0 Å². The third-order valence-corrected chi connectivity index (χ3v) is 5.34. The molecule has 14 heteroatoms. The summed E-state index contributed by atoms with van der Waals surface area (Å²) in [5.41, 5.74) is 0. The Hall–Kier alpha value is -1.17. The predicted octanol–water partition coefficient (Wildman–Crippen LogP) is 5.23. The summed E-state index contributed by atoms with van der Waals surface area (Å²) in [6.45, 7) is -7.61. The van der Waals surface area contributed by atoms with E-state index in [0.29, 0.717) is 12.1 Å². The molecule has 1 aromatic rings. The maximum atomic E-state index is 15.5. The minimum absolute atomic E-state index is 0.598. The zero-order valence-electron chi connectivity index (χ0n) is 12.5. The van der Waals surface area contributed by atoms with Gasteiger partial charge in [-0.05, 0) is 0 Å². The number of benzene rings is 1. The minimum atomic E-state index is -7.16. The molecule has 0 aliphatic heterocycles. The van der Waals surface area contributed by atoms with Gasteiger partial charge in [0.1, 0.15) is 0 Å². The summed E-state index contributed by atoms with van der Waals surface area (Å²) in [4.78, 5) is 0. The van der Waals surface area contributed by atoms with Gasteiger partial charge in [-0.1, -0.05) is 0 Å². The molecule has 1 rings (SSSR count). The van der Waals surface area contributed by atoms with Gasteiger partial charge in [0.15, 0.2) is 0 Å². The van der Waals surface area contributed by atoms with Crippen LogP contribution >= 0.6 is 7.59 Å². The number of hydrogen-bond acceptors (Lipinski definition) is 3. The van der Waals surface area contributed by atoms with Crippen LogP contribution in [0.5, 0.6) is 0 Å². The van der Waals surface area contributed by atoms with Crippen LogP contribution in [-0.2, 0) is 13.6 Å². The van der Waals surface area contributed by atoms with Crippen LogP contribution in [0.2, 0.25) is 0 Å². The number of hydrogen-bond donors (Lipinski definition) is 0. The molecular weight excluding hydrogens is 413 g/mol. The topological polar surface area (TPSA) is 27.7 Å². The van der Waals surface area contributed by atoms with Crippen LogP contribution in [0.1, 0.15) is 0 Å². The first-order valence-electron chi connectivity index (χ1n) is 6.48. The second-order valence-electron chi connectivity index (χ2n) is 4.79. The van der Waals surface area contributed by atoms with Crippen molar-refractivity contribution < 1.29 is 57.3 Å². The Morgan fingerprint density at radius 1 is 0.615 bits per heavy atom. The third-order valence-electron chi connectivity index (χ3n) is 2.51. The fraction of sp³-hybridized carbons (Fsp3) is 0.500. The van der Waals surface area contributed by atoms with Gasteiger partial charge in [0.25, 0.3) is 0 Å². The van der Waals surface area contributed by atoms with Gasteiger partial charge < -0.3 is 0 Å². The molecule has 0 spiro atoms. The van der Waals surface area contributed by atoms with Crippen molar-refractivity contribution >= 4 is 12.9 Å². The van der Waals surface area contributed by atoms with E-state index in [2.05, 4.69) is 13.6 Å².